The number of nitrogens with one attached hydrogen (secondary N) is 1. The second kappa shape index (κ2) is 5.53. The van der Waals surface area contributed by atoms with Crippen molar-refractivity contribution in [2.75, 3.05) is 0 Å². The number of rotatable bonds is 2. The van der Waals surface area contributed by atoms with Crippen LogP contribution in [0.1, 0.15) is 0 Å². The fraction of sp³-hybridized carbons (Fsp3) is 0.0625. The van der Waals surface area contributed by atoms with E-state index in [1.165, 1.54) is 0 Å². The highest BCUT2D eigenvalue weighted by molar-refractivity contribution is 8.00. The van der Waals surface area contributed by atoms with Gasteiger partial charge >= 0.3 is 5.51 Å². The number of halogens is 3. The highest BCUT2D eigenvalue weighted by atomic mass is 32.2. The third-order valence-electron chi connectivity index (χ3n) is 3.16. The predicted molar refractivity (Wildman–Crippen MR) is 81.9 cm³/mol. The normalized spacial score (nSPS) is 11.8. The smallest absolute Gasteiger partial charge is 0.321 e. The van der Waals surface area contributed by atoms with Crippen LogP contribution >= 0.6 is 11.8 Å². The number of aromatic nitrogens is 1. The molecule has 0 aliphatic carbocycles. The molecule has 0 saturated carbocycles. The molecule has 0 bridgehead atoms. The van der Waals surface area contributed by atoms with E-state index in [0.717, 1.165) is 0 Å². The molecule has 1 N–H and O–H groups in total. The molecule has 0 spiro atoms. The van der Waals surface area contributed by atoms with E-state index in [0.29, 0.717) is 22.0 Å². The summed E-state index contributed by atoms with van der Waals surface area (Å²) in [6.45, 7) is 0. The summed E-state index contributed by atoms with van der Waals surface area (Å²) in [7, 11) is 0. The van der Waals surface area contributed by atoms with E-state index in [1.54, 1.807) is 54.6 Å². The van der Waals surface area contributed by atoms with Gasteiger partial charge in [-0.15, -0.1) is 0 Å². The summed E-state index contributed by atoms with van der Waals surface area (Å²) in [6.07, 6.45) is 0. The Kier molecular flexibility index (Phi) is 3.70. The molecule has 6 heteroatoms. The van der Waals surface area contributed by atoms with Crippen LogP contribution in [0.4, 0.5) is 13.2 Å². The highest BCUT2D eigenvalue weighted by Crippen LogP contribution is 2.42. The zero-order chi connectivity index (χ0) is 15.7. The summed E-state index contributed by atoms with van der Waals surface area (Å²) in [5.74, 6) is 0. The van der Waals surface area contributed by atoms with Crippen LogP contribution in [0.3, 0.4) is 0 Å². The lowest BCUT2D eigenvalue weighted by molar-refractivity contribution is -0.0328. The lowest BCUT2D eigenvalue weighted by Crippen LogP contribution is -2.14. The quantitative estimate of drug-likeness (QED) is 0.687. The third-order valence-corrected chi connectivity index (χ3v) is 3.98. The van der Waals surface area contributed by atoms with Gasteiger partial charge in [-0.05, 0) is 23.4 Å². The van der Waals surface area contributed by atoms with Crippen LogP contribution < -0.4 is 5.56 Å². The van der Waals surface area contributed by atoms with Gasteiger partial charge in [0.25, 0.3) is 5.56 Å². The number of hydrogen-bond acceptors (Lipinski definition) is 2. The maximum atomic E-state index is 12.8. The van der Waals surface area contributed by atoms with Gasteiger partial charge in [0.1, 0.15) is 0 Å². The second-order valence-corrected chi connectivity index (χ2v) is 5.69. The van der Waals surface area contributed by atoms with Crippen LogP contribution in [0.5, 0.6) is 0 Å². The molecular formula is C16H10F3NOS. The SMILES string of the molecule is O=c1[nH]c2ccccc2c(-c2ccccc2)c1SC(F)(F)F. The summed E-state index contributed by atoms with van der Waals surface area (Å²) in [4.78, 5) is 14.3. The van der Waals surface area contributed by atoms with Crippen LogP contribution in [0.2, 0.25) is 0 Å². The lowest BCUT2D eigenvalue weighted by Gasteiger charge is -2.13. The molecule has 1 heterocycles. The zero-order valence-electron chi connectivity index (χ0n) is 11.1. The fourth-order valence-corrected chi connectivity index (χ4v) is 3.03. The molecule has 0 atom stereocenters. The summed E-state index contributed by atoms with van der Waals surface area (Å²) in [5, 5.41) is 0.583. The van der Waals surface area contributed by atoms with E-state index in [2.05, 4.69) is 4.98 Å². The van der Waals surface area contributed by atoms with Crippen molar-refractivity contribution in [2.45, 2.75) is 10.4 Å². The van der Waals surface area contributed by atoms with Crippen molar-refractivity contribution in [3.8, 4) is 11.1 Å². The van der Waals surface area contributed by atoms with Crippen molar-refractivity contribution in [2.24, 2.45) is 0 Å². The minimum atomic E-state index is -4.53. The Morgan fingerprint density at radius 2 is 1.55 bits per heavy atom. The lowest BCUT2D eigenvalue weighted by atomic mass is 10.0. The van der Waals surface area contributed by atoms with Crippen molar-refractivity contribution >= 4 is 22.7 Å². The van der Waals surface area contributed by atoms with Gasteiger partial charge in [-0.3, -0.25) is 4.79 Å². The maximum Gasteiger partial charge on any atom is 0.446 e. The molecule has 2 nitrogen and oxygen atoms in total. The second-order valence-electron chi connectivity index (χ2n) is 4.62. The van der Waals surface area contributed by atoms with Gasteiger partial charge in [0.2, 0.25) is 0 Å². The molecule has 0 saturated heterocycles. The monoisotopic (exact) mass is 321 g/mol. The molecule has 0 amide bonds. The summed E-state index contributed by atoms with van der Waals surface area (Å²) < 4.78 is 38.5. The van der Waals surface area contributed by atoms with Gasteiger partial charge in [-0.25, -0.2) is 0 Å². The Morgan fingerprint density at radius 3 is 2.23 bits per heavy atom. The van der Waals surface area contributed by atoms with Gasteiger partial charge in [-0.2, -0.15) is 13.2 Å². The van der Waals surface area contributed by atoms with Crippen molar-refractivity contribution in [1.29, 1.82) is 0 Å². The number of H-pyrrole nitrogens is 1. The molecule has 3 rings (SSSR count). The Labute approximate surface area is 128 Å². The van der Waals surface area contributed by atoms with Gasteiger partial charge in [0.15, 0.2) is 0 Å². The van der Waals surface area contributed by atoms with Crippen LogP contribution in [0.25, 0.3) is 22.0 Å². The van der Waals surface area contributed by atoms with Crippen LogP contribution in [0, 0.1) is 0 Å². The largest absolute Gasteiger partial charge is 0.446 e. The van der Waals surface area contributed by atoms with Crippen molar-refractivity contribution in [3.05, 3.63) is 65.0 Å². The number of thioether (sulfide) groups is 1. The molecule has 22 heavy (non-hydrogen) atoms. The molecule has 1 aromatic heterocycles. The van der Waals surface area contributed by atoms with Gasteiger partial charge in [0.05, 0.1) is 4.90 Å². The number of fused-ring (bicyclic) bond motifs is 1. The molecule has 0 fully saturated rings. The van der Waals surface area contributed by atoms with Gasteiger partial charge in [-0.1, -0.05) is 48.5 Å². The molecule has 0 aliphatic heterocycles. The van der Waals surface area contributed by atoms with Crippen molar-refractivity contribution in [3.63, 3.8) is 0 Å². The minimum absolute atomic E-state index is 0.308. The summed E-state index contributed by atoms with van der Waals surface area (Å²) >= 11 is -0.380. The first-order chi connectivity index (χ1) is 10.5. The molecule has 112 valence electrons. The van der Waals surface area contributed by atoms with E-state index in [4.69, 9.17) is 0 Å². The zero-order valence-corrected chi connectivity index (χ0v) is 12.0. The van der Waals surface area contributed by atoms with Crippen molar-refractivity contribution < 1.29 is 13.2 Å². The molecule has 0 unspecified atom stereocenters. The molecule has 0 radical (unpaired) electrons. The average molecular weight is 321 g/mol. The minimum Gasteiger partial charge on any atom is -0.321 e. The van der Waals surface area contributed by atoms with Crippen LogP contribution in [0.15, 0.2) is 64.3 Å². The van der Waals surface area contributed by atoms with E-state index >= 15 is 0 Å². The maximum absolute atomic E-state index is 12.8. The van der Waals surface area contributed by atoms with E-state index in [9.17, 15) is 18.0 Å². The Morgan fingerprint density at radius 1 is 0.909 bits per heavy atom. The Balaban J connectivity index is 2.38. The van der Waals surface area contributed by atoms with Gasteiger partial charge < -0.3 is 4.98 Å². The number of hydrogen-bond donors (Lipinski definition) is 1. The number of para-hydroxylation sites is 1. The van der Waals surface area contributed by atoms with Crippen LogP contribution in [-0.4, -0.2) is 10.5 Å². The standard InChI is InChI=1S/C16H10F3NOS/c17-16(18,19)22-14-13(10-6-2-1-3-7-10)11-8-4-5-9-12(11)20-15(14)21/h1-9H,(H,20,21). The first-order valence-electron chi connectivity index (χ1n) is 6.42. The number of pyridine rings is 1. The summed E-state index contributed by atoms with van der Waals surface area (Å²) in [5.41, 5.74) is -3.87. The third kappa shape index (κ3) is 2.87. The molecule has 3 aromatic rings. The number of aromatic amines is 1. The molecule has 2 aromatic carbocycles. The molecular weight excluding hydrogens is 311 g/mol. The number of alkyl halides is 3. The predicted octanol–water partition coefficient (Wildman–Crippen LogP) is 4.81. The first kappa shape index (κ1) is 14.7. The number of benzene rings is 2. The van der Waals surface area contributed by atoms with Crippen LogP contribution in [-0.2, 0) is 0 Å². The van der Waals surface area contributed by atoms with E-state index in [-0.39, 0.29) is 16.7 Å². The van der Waals surface area contributed by atoms with Gasteiger partial charge in [0, 0.05) is 16.5 Å². The van der Waals surface area contributed by atoms with Crippen molar-refractivity contribution in [1.82, 2.24) is 4.98 Å². The first-order valence-corrected chi connectivity index (χ1v) is 7.23. The van der Waals surface area contributed by atoms with E-state index < -0.39 is 11.1 Å². The molecule has 0 aliphatic rings. The summed E-state index contributed by atoms with van der Waals surface area (Å²) in [6, 6.07) is 15.5. The topological polar surface area (TPSA) is 32.9 Å². The Bertz CT molecular complexity index is 872. The Hall–Kier alpha value is -2.21. The highest BCUT2D eigenvalue weighted by Gasteiger charge is 2.33. The average Bonchev–Trinajstić information content (AvgIpc) is 2.47. The fourth-order valence-electron chi connectivity index (χ4n) is 2.33. The van der Waals surface area contributed by atoms with E-state index in [1.807, 2.05) is 0 Å².